The summed E-state index contributed by atoms with van der Waals surface area (Å²) in [5.41, 5.74) is 0. The number of hydrogen-bond acceptors (Lipinski definition) is 4. The zero-order valence-electron chi connectivity index (χ0n) is 10.4. The van der Waals surface area contributed by atoms with Crippen molar-refractivity contribution in [1.82, 2.24) is 15.1 Å². The number of hydrogen-bond donors (Lipinski definition) is 1. The van der Waals surface area contributed by atoms with Gasteiger partial charge in [0.05, 0.1) is 19.8 Å². The molecule has 5 nitrogen and oxygen atoms in total. The Labute approximate surface area is 97.7 Å². The van der Waals surface area contributed by atoms with Gasteiger partial charge in [-0.1, -0.05) is 0 Å². The van der Waals surface area contributed by atoms with Crippen LogP contribution in [0.15, 0.2) is 0 Å². The van der Waals surface area contributed by atoms with Gasteiger partial charge >= 0.3 is 0 Å². The molecule has 1 amide bonds. The zero-order valence-corrected chi connectivity index (χ0v) is 10.4. The molecule has 0 unspecified atom stereocenters. The summed E-state index contributed by atoms with van der Waals surface area (Å²) in [6, 6.07) is 0. The van der Waals surface area contributed by atoms with E-state index < -0.39 is 0 Å². The van der Waals surface area contributed by atoms with Crippen LogP contribution in [0.4, 0.5) is 0 Å². The Morgan fingerprint density at radius 1 is 1.38 bits per heavy atom. The van der Waals surface area contributed by atoms with Crippen LogP contribution in [0.1, 0.15) is 6.42 Å². The second kappa shape index (κ2) is 7.60. The average Bonchev–Trinajstić information content (AvgIpc) is 2.29. The van der Waals surface area contributed by atoms with Crippen LogP contribution in [0.3, 0.4) is 0 Å². The van der Waals surface area contributed by atoms with Crippen molar-refractivity contribution in [3.63, 3.8) is 0 Å². The third-order valence-corrected chi connectivity index (χ3v) is 2.60. The van der Waals surface area contributed by atoms with Crippen LogP contribution >= 0.6 is 0 Å². The van der Waals surface area contributed by atoms with Gasteiger partial charge in [-0.2, -0.15) is 0 Å². The topological polar surface area (TPSA) is 44.8 Å². The van der Waals surface area contributed by atoms with Gasteiger partial charge in [0.15, 0.2) is 0 Å². The summed E-state index contributed by atoms with van der Waals surface area (Å²) in [5.74, 6) is 0.188. The molecule has 1 aliphatic rings. The predicted molar refractivity (Wildman–Crippen MR) is 63.4 cm³/mol. The van der Waals surface area contributed by atoms with Gasteiger partial charge in [0, 0.05) is 13.1 Å². The maximum absolute atomic E-state index is 11.7. The fraction of sp³-hybridized carbons (Fsp3) is 0.909. The summed E-state index contributed by atoms with van der Waals surface area (Å²) in [6.07, 6.45) is 1.07. The lowest BCUT2D eigenvalue weighted by Gasteiger charge is -2.26. The van der Waals surface area contributed by atoms with E-state index in [0.717, 1.165) is 32.6 Å². The summed E-state index contributed by atoms with van der Waals surface area (Å²) >= 11 is 0. The van der Waals surface area contributed by atoms with Gasteiger partial charge in [-0.25, -0.2) is 0 Å². The van der Waals surface area contributed by atoms with Gasteiger partial charge in [-0.15, -0.1) is 0 Å². The maximum atomic E-state index is 11.7. The molecule has 1 aliphatic heterocycles. The summed E-state index contributed by atoms with van der Waals surface area (Å²) < 4.78 is 5.20. The van der Waals surface area contributed by atoms with Crippen LogP contribution in [-0.4, -0.2) is 75.7 Å². The highest BCUT2D eigenvalue weighted by atomic mass is 16.5. The molecule has 0 atom stereocenters. The van der Waals surface area contributed by atoms with E-state index in [1.165, 1.54) is 0 Å². The van der Waals surface area contributed by atoms with Crippen LogP contribution in [0.5, 0.6) is 0 Å². The maximum Gasteiger partial charge on any atom is 0.236 e. The quantitative estimate of drug-likeness (QED) is 0.617. The van der Waals surface area contributed by atoms with Gasteiger partial charge in [0.25, 0.3) is 0 Å². The molecular weight excluding hydrogens is 206 g/mol. The first-order chi connectivity index (χ1) is 7.70. The van der Waals surface area contributed by atoms with Crippen molar-refractivity contribution in [1.29, 1.82) is 0 Å². The Balaban J connectivity index is 2.01. The molecule has 0 radical (unpaired) electrons. The van der Waals surface area contributed by atoms with Crippen molar-refractivity contribution in [3.8, 4) is 0 Å². The normalized spacial score (nSPS) is 16.8. The Bertz CT molecular complexity index is 203. The molecule has 0 bridgehead atoms. The number of ether oxygens (including phenoxy) is 1. The van der Waals surface area contributed by atoms with Crippen molar-refractivity contribution in [2.45, 2.75) is 6.42 Å². The monoisotopic (exact) mass is 229 g/mol. The van der Waals surface area contributed by atoms with E-state index in [4.69, 9.17) is 4.74 Å². The summed E-state index contributed by atoms with van der Waals surface area (Å²) in [7, 11) is 4.11. The lowest BCUT2D eigenvalue weighted by Crippen LogP contribution is -2.44. The van der Waals surface area contributed by atoms with E-state index in [-0.39, 0.29) is 5.91 Å². The van der Waals surface area contributed by atoms with E-state index in [2.05, 4.69) is 24.3 Å². The first-order valence-corrected chi connectivity index (χ1v) is 5.91. The molecule has 0 saturated carbocycles. The highest BCUT2D eigenvalue weighted by Gasteiger charge is 2.15. The van der Waals surface area contributed by atoms with Crippen molar-refractivity contribution >= 4 is 5.91 Å². The van der Waals surface area contributed by atoms with E-state index in [1.807, 2.05) is 4.90 Å². The fourth-order valence-electron chi connectivity index (χ4n) is 1.64. The van der Waals surface area contributed by atoms with Gasteiger partial charge < -0.3 is 19.9 Å². The van der Waals surface area contributed by atoms with Crippen molar-refractivity contribution < 1.29 is 9.53 Å². The summed E-state index contributed by atoms with van der Waals surface area (Å²) in [4.78, 5) is 15.7. The average molecular weight is 229 g/mol. The molecule has 1 heterocycles. The number of rotatable bonds is 6. The van der Waals surface area contributed by atoms with Crippen LogP contribution in [0.25, 0.3) is 0 Å². The minimum atomic E-state index is 0.188. The van der Waals surface area contributed by atoms with Crippen LogP contribution in [0.2, 0.25) is 0 Å². The van der Waals surface area contributed by atoms with Crippen LogP contribution in [-0.2, 0) is 9.53 Å². The second-order valence-corrected chi connectivity index (χ2v) is 4.33. The smallest absolute Gasteiger partial charge is 0.236 e. The minimum absolute atomic E-state index is 0.188. The molecule has 1 fully saturated rings. The molecule has 0 aromatic rings. The number of amides is 1. The second-order valence-electron chi connectivity index (χ2n) is 4.33. The SMILES string of the molecule is CN(C)CCCNCC(=O)N1CCOCC1. The largest absolute Gasteiger partial charge is 0.378 e. The first-order valence-electron chi connectivity index (χ1n) is 5.91. The van der Waals surface area contributed by atoms with Gasteiger partial charge in [-0.05, 0) is 33.6 Å². The van der Waals surface area contributed by atoms with E-state index in [0.29, 0.717) is 19.8 Å². The zero-order chi connectivity index (χ0) is 11.8. The van der Waals surface area contributed by atoms with Crippen molar-refractivity contribution in [2.75, 3.05) is 60.0 Å². The van der Waals surface area contributed by atoms with E-state index in [1.54, 1.807) is 0 Å². The first kappa shape index (κ1) is 13.4. The summed E-state index contributed by atoms with van der Waals surface area (Å²) in [5, 5.41) is 3.18. The van der Waals surface area contributed by atoms with Gasteiger partial charge in [0.2, 0.25) is 5.91 Å². The standard InChI is InChI=1S/C11H23N3O2/c1-13(2)5-3-4-12-10-11(15)14-6-8-16-9-7-14/h12H,3-10H2,1-2H3. The molecule has 1 rings (SSSR count). The van der Waals surface area contributed by atoms with Crippen LogP contribution < -0.4 is 5.32 Å². The third-order valence-electron chi connectivity index (χ3n) is 2.60. The highest BCUT2D eigenvalue weighted by molar-refractivity contribution is 5.78. The lowest BCUT2D eigenvalue weighted by atomic mass is 10.3. The third kappa shape index (κ3) is 5.44. The number of carbonyl (C=O) groups excluding carboxylic acids is 1. The van der Waals surface area contributed by atoms with Crippen molar-refractivity contribution in [3.05, 3.63) is 0 Å². The Morgan fingerprint density at radius 3 is 2.69 bits per heavy atom. The predicted octanol–water partition coefficient (Wildman–Crippen LogP) is -0.613. The molecule has 94 valence electrons. The molecule has 1 saturated heterocycles. The Kier molecular flexibility index (Phi) is 6.37. The number of carbonyl (C=O) groups is 1. The molecule has 0 aromatic heterocycles. The minimum Gasteiger partial charge on any atom is -0.378 e. The Hall–Kier alpha value is -0.650. The Morgan fingerprint density at radius 2 is 2.06 bits per heavy atom. The summed E-state index contributed by atoms with van der Waals surface area (Å²) in [6.45, 7) is 5.22. The van der Waals surface area contributed by atoms with Crippen molar-refractivity contribution in [2.24, 2.45) is 0 Å². The molecule has 16 heavy (non-hydrogen) atoms. The lowest BCUT2D eigenvalue weighted by molar-refractivity contribution is -0.134. The number of morpholine rings is 1. The van der Waals surface area contributed by atoms with E-state index >= 15 is 0 Å². The molecule has 0 aliphatic carbocycles. The number of nitrogens with zero attached hydrogens (tertiary/aromatic N) is 2. The molecule has 1 N–H and O–H groups in total. The highest BCUT2D eigenvalue weighted by Crippen LogP contribution is 1.96. The molecule has 0 aromatic carbocycles. The molecule has 5 heteroatoms. The molecular formula is C11H23N3O2. The van der Waals surface area contributed by atoms with Gasteiger partial charge in [0.1, 0.15) is 0 Å². The fourth-order valence-corrected chi connectivity index (χ4v) is 1.64. The number of nitrogens with one attached hydrogen (secondary N) is 1. The molecule has 0 spiro atoms. The van der Waals surface area contributed by atoms with E-state index in [9.17, 15) is 4.79 Å². The van der Waals surface area contributed by atoms with Crippen LogP contribution in [0, 0.1) is 0 Å². The van der Waals surface area contributed by atoms with Gasteiger partial charge in [-0.3, -0.25) is 4.79 Å².